The highest BCUT2D eigenvalue weighted by Crippen LogP contribution is 2.46. The van der Waals surface area contributed by atoms with Crippen molar-refractivity contribution in [1.82, 2.24) is 0 Å². The lowest BCUT2D eigenvalue weighted by atomic mass is 9.65. The van der Waals surface area contributed by atoms with E-state index in [1.165, 1.54) is 86.5 Å². The Hall–Kier alpha value is -3.52. The third kappa shape index (κ3) is 5.35. The van der Waals surface area contributed by atoms with Gasteiger partial charge in [-0.3, -0.25) is 0 Å². The van der Waals surface area contributed by atoms with Crippen molar-refractivity contribution in [2.45, 2.75) is 75.0 Å². The summed E-state index contributed by atoms with van der Waals surface area (Å²) in [6.45, 7) is 0.201. The average molecular weight is 517 g/mol. The summed E-state index contributed by atoms with van der Waals surface area (Å²) in [6, 6.07) is 39.6. The van der Waals surface area contributed by atoms with Gasteiger partial charge in [0, 0.05) is 10.8 Å². The number of benzene rings is 4. The smallest absolute Gasteiger partial charge is 0.230 e. The molecule has 2 aliphatic carbocycles. The molecule has 0 bridgehead atoms. The summed E-state index contributed by atoms with van der Waals surface area (Å²) < 4.78 is 12.0. The molecule has 0 aliphatic heterocycles. The van der Waals surface area contributed by atoms with Crippen LogP contribution in [0.4, 0.5) is 0 Å². The van der Waals surface area contributed by atoms with E-state index in [4.69, 9.17) is 9.47 Å². The van der Waals surface area contributed by atoms with Crippen molar-refractivity contribution in [2.75, 3.05) is 6.79 Å². The minimum absolute atomic E-state index is 0.117. The monoisotopic (exact) mass is 516 g/mol. The van der Waals surface area contributed by atoms with Crippen LogP contribution < -0.4 is 9.47 Å². The molecule has 4 aromatic carbocycles. The van der Waals surface area contributed by atoms with Crippen molar-refractivity contribution in [1.29, 1.82) is 0 Å². The maximum Gasteiger partial charge on any atom is 0.230 e. The molecule has 6 rings (SSSR count). The van der Waals surface area contributed by atoms with Gasteiger partial charge in [0.15, 0.2) is 0 Å². The Kier molecular flexibility index (Phi) is 7.72. The van der Waals surface area contributed by atoms with Crippen LogP contribution in [0.1, 0.15) is 86.5 Å². The molecule has 2 saturated carbocycles. The lowest BCUT2D eigenvalue weighted by molar-refractivity contribution is 0.119. The van der Waals surface area contributed by atoms with Gasteiger partial charge in [-0.2, -0.15) is 0 Å². The van der Waals surface area contributed by atoms with E-state index >= 15 is 0 Å². The first kappa shape index (κ1) is 25.7. The van der Waals surface area contributed by atoms with Crippen LogP contribution in [0.15, 0.2) is 109 Å². The molecule has 4 aromatic rings. The van der Waals surface area contributed by atoms with Gasteiger partial charge in [-0.05, 0) is 72.2 Å². The summed E-state index contributed by atoms with van der Waals surface area (Å²) in [4.78, 5) is 0. The molecule has 0 saturated heterocycles. The maximum atomic E-state index is 6.00. The van der Waals surface area contributed by atoms with Crippen LogP contribution in [-0.2, 0) is 10.8 Å². The van der Waals surface area contributed by atoms with Crippen LogP contribution in [0.25, 0.3) is 0 Å². The van der Waals surface area contributed by atoms with Gasteiger partial charge in [-0.15, -0.1) is 0 Å². The van der Waals surface area contributed by atoms with Crippen molar-refractivity contribution in [3.8, 4) is 11.5 Å². The fourth-order valence-electron chi connectivity index (χ4n) is 7.22. The maximum absolute atomic E-state index is 6.00. The zero-order chi connectivity index (χ0) is 26.4. The molecule has 0 atom stereocenters. The van der Waals surface area contributed by atoms with Crippen LogP contribution in [0.5, 0.6) is 11.5 Å². The normalized spacial score (nSPS) is 18.3. The minimum Gasteiger partial charge on any atom is -0.458 e. The second kappa shape index (κ2) is 11.7. The first-order chi connectivity index (χ1) is 19.3. The molecule has 2 fully saturated rings. The quantitative estimate of drug-likeness (QED) is 0.217. The second-order valence-corrected chi connectivity index (χ2v) is 11.5. The first-order valence-electron chi connectivity index (χ1n) is 14.9. The van der Waals surface area contributed by atoms with E-state index in [2.05, 4.69) is 109 Å². The molecule has 0 unspecified atom stereocenters. The summed E-state index contributed by atoms with van der Waals surface area (Å²) in [6.07, 6.45) is 12.6. The summed E-state index contributed by atoms with van der Waals surface area (Å²) in [7, 11) is 0. The predicted octanol–water partition coefficient (Wildman–Crippen LogP) is 9.60. The van der Waals surface area contributed by atoms with Gasteiger partial charge in [-0.1, -0.05) is 123 Å². The van der Waals surface area contributed by atoms with Crippen LogP contribution in [-0.4, -0.2) is 6.79 Å². The molecule has 0 spiro atoms. The molecule has 0 radical (unpaired) electrons. The molecule has 2 nitrogen and oxygen atoms in total. The summed E-state index contributed by atoms with van der Waals surface area (Å²) in [5, 5.41) is 0. The molecular weight excluding hydrogens is 476 g/mol. The fourth-order valence-corrected chi connectivity index (χ4v) is 7.22. The molecule has 39 heavy (non-hydrogen) atoms. The largest absolute Gasteiger partial charge is 0.458 e. The molecule has 0 N–H and O–H groups in total. The third-order valence-corrected chi connectivity index (χ3v) is 9.33. The Morgan fingerprint density at radius 2 is 0.718 bits per heavy atom. The standard InChI is InChI=1S/C37H40O2/c1-5-13-30(14-6-1)36(25-9-3-10-26-36)32-17-21-34(22-18-32)38-29-39-35-23-19-33(20-24-35)37(27-11-4-12-28-37)31-15-7-2-8-16-31/h1-2,5-8,13-24H,3-4,9-12,25-29H2. The Labute approximate surface area is 234 Å². The first-order valence-corrected chi connectivity index (χ1v) is 14.9. The molecule has 0 heterocycles. The van der Waals surface area contributed by atoms with E-state index in [1.54, 1.807) is 0 Å². The van der Waals surface area contributed by atoms with Gasteiger partial charge in [0.2, 0.25) is 6.79 Å². The van der Waals surface area contributed by atoms with Crippen molar-refractivity contribution in [3.05, 3.63) is 131 Å². The zero-order valence-corrected chi connectivity index (χ0v) is 23.0. The topological polar surface area (TPSA) is 18.5 Å². The lowest BCUT2D eigenvalue weighted by Gasteiger charge is -2.38. The molecule has 0 aromatic heterocycles. The molecule has 2 aliphatic rings. The summed E-state index contributed by atoms with van der Waals surface area (Å²) >= 11 is 0. The van der Waals surface area contributed by atoms with Gasteiger partial charge >= 0.3 is 0 Å². The van der Waals surface area contributed by atoms with Gasteiger partial charge in [0.25, 0.3) is 0 Å². The van der Waals surface area contributed by atoms with Crippen molar-refractivity contribution in [3.63, 3.8) is 0 Å². The Morgan fingerprint density at radius 1 is 0.385 bits per heavy atom. The number of hydrogen-bond acceptors (Lipinski definition) is 2. The van der Waals surface area contributed by atoms with E-state index in [0.717, 1.165) is 11.5 Å². The van der Waals surface area contributed by atoms with Crippen LogP contribution >= 0.6 is 0 Å². The summed E-state index contributed by atoms with van der Waals surface area (Å²) in [5.74, 6) is 1.69. The van der Waals surface area contributed by atoms with Crippen LogP contribution in [0, 0.1) is 0 Å². The van der Waals surface area contributed by atoms with E-state index in [0.29, 0.717) is 0 Å². The van der Waals surface area contributed by atoms with Gasteiger partial charge in [0.1, 0.15) is 11.5 Å². The number of ether oxygens (including phenoxy) is 2. The van der Waals surface area contributed by atoms with Gasteiger partial charge in [-0.25, -0.2) is 0 Å². The fraction of sp³-hybridized carbons (Fsp3) is 0.351. The number of hydrogen-bond donors (Lipinski definition) is 0. The minimum atomic E-state index is 0.117. The Bertz CT molecular complexity index is 1190. The van der Waals surface area contributed by atoms with Crippen molar-refractivity contribution >= 4 is 0 Å². The predicted molar refractivity (Wildman–Crippen MR) is 160 cm³/mol. The van der Waals surface area contributed by atoms with E-state index in [1.807, 2.05) is 0 Å². The van der Waals surface area contributed by atoms with E-state index in [-0.39, 0.29) is 17.6 Å². The SMILES string of the molecule is c1ccc(C2(c3ccc(OCOc4ccc(C5(c6ccccc6)CCCCC5)cc4)cc3)CCCCC2)cc1. The molecular formula is C37H40O2. The van der Waals surface area contributed by atoms with Gasteiger partial charge in [0.05, 0.1) is 0 Å². The highest BCUT2D eigenvalue weighted by atomic mass is 16.7. The highest BCUT2D eigenvalue weighted by Gasteiger charge is 2.36. The van der Waals surface area contributed by atoms with Crippen molar-refractivity contribution in [2.24, 2.45) is 0 Å². The summed E-state index contributed by atoms with van der Waals surface area (Å²) in [5.41, 5.74) is 5.90. The Balaban J connectivity index is 1.11. The second-order valence-electron chi connectivity index (χ2n) is 11.5. The highest BCUT2D eigenvalue weighted by molar-refractivity contribution is 5.43. The van der Waals surface area contributed by atoms with Crippen LogP contribution in [0.3, 0.4) is 0 Å². The molecule has 200 valence electrons. The average Bonchev–Trinajstić information content (AvgIpc) is 3.03. The van der Waals surface area contributed by atoms with Gasteiger partial charge < -0.3 is 9.47 Å². The Morgan fingerprint density at radius 3 is 1.08 bits per heavy atom. The van der Waals surface area contributed by atoms with Crippen LogP contribution in [0.2, 0.25) is 0 Å². The number of rotatable bonds is 8. The molecule has 2 heteroatoms. The van der Waals surface area contributed by atoms with E-state index in [9.17, 15) is 0 Å². The lowest BCUT2D eigenvalue weighted by Crippen LogP contribution is -2.30. The van der Waals surface area contributed by atoms with Crippen molar-refractivity contribution < 1.29 is 9.47 Å². The molecule has 0 amide bonds. The van der Waals surface area contributed by atoms with E-state index < -0.39 is 0 Å². The third-order valence-electron chi connectivity index (χ3n) is 9.33. The zero-order valence-electron chi connectivity index (χ0n) is 23.0.